The molecule has 0 atom stereocenters. The fourth-order valence-corrected chi connectivity index (χ4v) is 4.15. The first-order valence-electron chi connectivity index (χ1n) is 12.0. The van der Waals surface area contributed by atoms with E-state index in [1.165, 1.54) is 23.1 Å². The van der Waals surface area contributed by atoms with Crippen molar-refractivity contribution in [1.29, 1.82) is 0 Å². The van der Waals surface area contributed by atoms with E-state index in [0.717, 1.165) is 38.2 Å². The number of methoxy groups -OCH3 is 1. The Morgan fingerprint density at radius 1 is 1.24 bits per heavy atom. The van der Waals surface area contributed by atoms with Crippen LogP contribution in [-0.2, 0) is 0 Å². The molecule has 0 saturated carbocycles. The van der Waals surface area contributed by atoms with E-state index in [1.807, 2.05) is 12.1 Å². The van der Waals surface area contributed by atoms with E-state index < -0.39 is 5.82 Å². The number of piperidine rings is 1. The Morgan fingerprint density at radius 2 is 1.97 bits per heavy atom. The van der Waals surface area contributed by atoms with Crippen molar-refractivity contribution in [2.45, 2.75) is 18.9 Å². The van der Waals surface area contributed by atoms with Gasteiger partial charge >= 0.3 is 6.03 Å². The van der Waals surface area contributed by atoms with Crippen LogP contribution >= 0.6 is 11.6 Å². The molecule has 37 heavy (non-hydrogen) atoms. The van der Waals surface area contributed by atoms with Crippen molar-refractivity contribution < 1.29 is 18.7 Å². The van der Waals surface area contributed by atoms with Crippen LogP contribution in [0, 0.1) is 5.82 Å². The van der Waals surface area contributed by atoms with Crippen LogP contribution in [0.3, 0.4) is 0 Å². The summed E-state index contributed by atoms with van der Waals surface area (Å²) >= 11 is 5.92. The lowest BCUT2D eigenvalue weighted by Gasteiger charge is -2.32. The van der Waals surface area contributed by atoms with E-state index in [9.17, 15) is 9.18 Å². The second kappa shape index (κ2) is 13.3. The van der Waals surface area contributed by atoms with Gasteiger partial charge in [0, 0.05) is 64.6 Å². The molecule has 2 aromatic carbocycles. The molecule has 3 rings (SSSR count). The number of amidine groups is 1. The molecule has 0 aromatic heterocycles. The van der Waals surface area contributed by atoms with Gasteiger partial charge in [-0.15, -0.1) is 0 Å². The molecule has 0 aliphatic carbocycles. The van der Waals surface area contributed by atoms with Crippen LogP contribution < -0.4 is 20.1 Å². The van der Waals surface area contributed by atoms with Gasteiger partial charge in [-0.05, 0) is 43.8 Å². The lowest BCUT2D eigenvalue weighted by Crippen LogP contribution is -2.43. The zero-order valence-corrected chi connectivity index (χ0v) is 22.4. The Labute approximate surface area is 222 Å². The summed E-state index contributed by atoms with van der Waals surface area (Å²) in [6, 6.07) is 7.77. The van der Waals surface area contributed by atoms with Crippen molar-refractivity contribution in [3.05, 3.63) is 46.7 Å². The summed E-state index contributed by atoms with van der Waals surface area (Å²) in [7, 11) is 6.82. The molecule has 1 fully saturated rings. The zero-order chi connectivity index (χ0) is 26.9. The summed E-state index contributed by atoms with van der Waals surface area (Å²) in [6.45, 7) is 6.77. The fourth-order valence-electron chi connectivity index (χ4n) is 3.97. The number of urea groups is 1. The molecule has 11 heteroatoms. The number of rotatable bonds is 9. The summed E-state index contributed by atoms with van der Waals surface area (Å²) in [4.78, 5) is 24.2. The van der Waals surface area contributed by atoms with Crippen molar-refractivity contribution in [3.8, 4) is 11.5 Å². The smallest absolute Gasteiger partial charge is 0.316 e. The Kier molecular flexibility index (Phi) is 10.1. The number of nitrogens with zero attached hydrogens (tertiary/aromatic N) is 4. The maximum Gasteiger partial charge on any atom is 0.316 e. The third kappa shape index (κ3) is 7.56. The molecule has 0 spiro atoms. The lowest BCUT2D eigenvalue weighted by molar-refractivity contribution is 0.0984. The largest absolute Gasteiger partial charge is 0.493 e. The van der Waals surface area contributed by atoms with Crippen LogP contribution in [0.25, 0.3) is 0 Å². The quantitative estimate of drug-likeness (QED) is 0.368. The van der Waals surface area contributed by atoms with Crippen LogP contribution in [0.4, 0.5) is 20.6 Å². The van der Waals surface area contributed by atoms with Gasteiger partial charge in [0.1, 0.15) is 11.9 Å². The number of hydrogen-bond donors (Lipinski definition) is 2. The van der Waals surface area contributed by atoms with Crippen LogP contribution in [-0.4, -0.2) is 88.9 Å². The average Bonchev–Trinajstić information content (AvgIpc) is 2.90. The van der Waals surface area contributed by atoms with Crippen molar-refractivity contribution in [2.75, 3.05) is 59.7 Å². The van der Waals surface area contributed by atoms with Crippen molar-refractivity contribution in [3.63, 3.8) is 0 Å². The maximum absolute atomic E-state index is 13.6. The standard InChI is InChI=1S/C26H34ClFN6O3/c1-29-22-16-23(36-5)24(15-19(22)25(30-2)32-17-6-7-21(28)20(27)14-17)37-18-8-11-34(12-9-18)13-10-31-26(35)33(3)4/h6-7,14-16,18,29H,2,8-13H2,1,3-5H3,(H,31,35). The van der Waals surface area contributed by atoms with E-state index in [1.54, 1.807) is 28.3 Å². The van der Waals surface area contributed by atoms with Crippen molar-refractivity contribution in [2.24, 2.45) is 9.98 Å². The van der Waals surface area contributed by atoms with Gasteiger partial charge in [-0.3, -0.25) is 0 Å². The molecular formula is C26H34ClFN6O3. The first kappa shape index (κ1) is 28.2. The Balaban J connectivity index is 1.74. The Morgan fingerprint density at radius 3 is 2.57 bits per heavy atom. The van der Waals surface area contributed by atoms with E-state index in [2.05, 4.69) is 32.2 Å². The minimum atomic E-state index is -0.519. The lowest BCUT2D eigenvalue weighted by atomic mass is 10.1. The van der Waals surface area contributed by atoms with E-state index in [-0.39, 0.29) is 17.2 Å². The SMILES string of the molecule is C=NC(=Nc1ccc(F)c(Cl)c1)c1cc(OC2CCN(CCNC(=O)N(C)C)CC2)c(OC)cc1NC. The average molecular weight is 533 g/mol. The third-order valence-electron chi connectivity index (χ3n) is 6.04. The highest BCUT2D eigenvalue weighted by Gasteiger charge is 2.23. The first-order chi connectivity index (χ1) is 17.7. The Bertz CT molecular complexity index is 1140. The number of carbonyl (C=O) groups is 1. The number of halogens is 2. The van der Waals surface area contributed by atoms with Crippen molar-refractivity contribution in [1.82, 2.24) is 15.1 Å². The van der Waals surface area contributed by atoms with Crippen LogP contribution in [0.1, 0.15) is 18.4 Å². The number of carbonyl (C=O) groups excluding carboxylic acids is 1. The molecule has 1 aliphatic heterocycles. The molecule has 1 aliphatic rings. The van der Waals surface area contributed by atoms with Gasteiger partial charge in [0.25, 0.3) is 0 Å². The molecule has 200 valence electrons. The normalized spacial score (nSPS) is 14.7. The molecule has 1 saturated heterocycles. The molecule has 1 heterocycles. The predicted octanol–water partition coefficient (Wildman–Crippen LogP) is 4.42. The number of nitrogens with one attached hydrogen (secondary N) is 2. The maximum atomic E-state index is 13.6. The van der Waals surface area contributed by atoms with Gasteiger partial charge in [-0.2, -0.15) is 0 Å². The van der Waals surface area contributed by atoms with Gasteiger partial charge < -0.3 is 29.9 Å². The van der Waals surface area contributed by atoms with Crippen LogP contribution in [0.2, 0.25) is 5.02 Å². The number of hydrogen-bond acceptors (Lipinski definition) is 6. The summed E-state index contributed by atoms with van der Waals surface area (Å²) in [6.07, 6.45) is 1.67. The van der Waals surface area contributed by atoms with Gasteiger partial charge in [-0.1, -0.05) is 11.6 Å². The second-order valence-electron chi connectivity index (χ2n) is 8.78. The monoisotopic (exact) mass is 532 g/mol. The molecule has 0 bridgehead atoms. The topological polar surface area (TPSA) is 90.8 Å². The first-order valence-corrected chi connectivity index (χ1v) is 12.4. The minimum Gasteiger partial charge on any atom is -0.493 e. The van der Waals surface area contributed by atoms with E-state index in [0.29, 0.717) is 35.1 Å². The van der Waals surface area contributed by atoms with Gasteiger partial charge in [0.05, 0.1) is 17.8 Å². The van der Waals surface area contributed by atoms with E-state index >= 15 is 0 Å². The van der Waals surface area contributed by atoms with Gasteiger partial charge in [0.2, 0.25) is 0 Å². The second-order valence-corrected chi connectivity index (χ2v) is 9.18. The summed E-state index contributed by atoms with van der Waals surface area (Å²) in [5, 5.41) is 6.00. The highest BCUT2D eigenvalue weighted by molar-refractivity contribution is 6.31. The minimum absolute atomic E-state index is 0.00258. The molecular weight excluding hydrogens is 499 g/mol. The van der Waals surface area contributed by atoms with Gasteiger partial charge in [0.15, 0.2) is 17.3 Å². The van der Waals surface area contributed by atoms with Crippen LogP contribution in [0.15, 0.2) is 40.3 Å². The number of aliphatic imine (C=N–C) groups is 2. The summed E-state index contributed by atoms with van der Waals surface area (Å²) < 4.78 is 25.6. The summed E-state index contributed by atoms with van der Waals surface area (Å²) in [5.74, 6) is 0.958. The van der Waals surface area contributed by atoms with Gasteiger partial charge in [-0.25, -0.2) is 19.2 Å². The Hall–Kier alpha value is -3.37. The predicted molar refractivity (Wildman–Crippen MR) is 147 cm³/mol. The molecule has 2 aromatic rings. The molecule has 0 radical (unpaired) electrons. The number of benzene rings is 2. The highest BCUT2D eigenvalue weighted by Crippen LogP contribution is 2.36. The fraction of sp³-hybridized carbons (Fsp3) is 0.423. The van der Waals surface area contributed by atoms with E-state index in [4.69, 9.17) is 21.1 Å². The number of likely N-dealkylation sites (tertiary alicyclic amines) is 1. The molecule has 2 amide bonds. The molecule has 0 unspecified atom stereocenters. The third-order valence-corrected chi connectivity index (χ3v) is 6.33. The zero-order valence-electron chi connectivity index (χ0n) is 21.7. The van der Waals surface area contributed by atoms with Crippen molar-refractivity contribution >= 4 is 41.6 Å². The number of ether oxygens (including phenoxy) is 2. The molecule has 2 N–H and O–H groups in total. The summed E-state index contributed by atoms with van der Waals surface area (Å²) in [5.41, 5.74) is 1.82. The molecule has 9 nitrogen and oxygen atoms in total. The van der Waals surface area contributed by atoms with Crippen LogP contribution in [0.5, 0.6) is 11.5 Å². The highest BCUT2D eigenvalue weighted by atomic mass is 35.5. The number of anilines is 1. The number of amides is 2.